The maximum atomic E-state index is 12.6. The molecule has 2 N–H and O–H groups in total. The van der Waals surface area contributed by atoms with Crippen LogP contribution in [0.1, 0.15) is 6.42 Å². The number of aliphatic carboxylic acids is 1. The Balaban J connectivity index is 1.92. The molecule has 1 unspecified atom stereocenters. The lowest BCUT2D eigenvalue weighted by atomic mass is 10.2. The van der Waals surface area contributed by atoms with Gasteiger partial charge in [-0.3, -0.25) is 4.79 Å². The summed E-state index contributed by atoms with van der Waals surface area (Å²) in [6, 6.07) is 5.14. The van der Waals surface area contributed by atoms with Crippen LogP contribution in [0.5, 0.6) is 5.75 Å². The third kappa shape index (κ3) is 2.49. The number of carboxylic acid groups (broad SMARTS) is 1. The molecule has 1 heterocycles. The molecular formula is C11H12FNO3. The monoisotopic (exact) mass is 225 g/mol. The second-order valence-corrected chi connectivity index (χ2v) is 3.73. The molecule has 1 aromatic carbocycles. The molecule has 1 aromatic rings. The number of benzene rings is 1. The molecule has 1 aliphatic heterocycles. The van der Waals surface area contributed by atoms with Crippen LogP contribution in [-0.2, 0) is 4.79 Å². The third-order valence-corrected chi connectivity index (χ3v) is 2.50. The molecule has 0 spiro atoms. The third-order valence-electron chi connectivity index (χ3n) is 2.50. The Bertz CT molecular complexity index is 379. The van der Waals surface area contributed by atoms with Gasteiger partial charge in [0.15, 0.2) is 0 Å². The Kier molecular flexibility index (Phi) is 3.05. The van der Waals surface area contributed by atoms with E-state index in [0.717, 1.165) is 0 Å². The molecule has 0 radical (unpaired) electrons. The van der Waals surface area contributed by atoms with E-state index in [2.05, 4.69) is 5.32 Å². The zero-order valence-corrected chi connectivity index (χ0v) is 8.52. The predicted octanol–water partition coefficient (Wildman–Crippen LogP) is 1.02. The second-order valence-electron chi connectivity index (χ2n) is 3.73. The van der Waals surface area contributed by atoms with Gasteiger partial charge in [-0.2, -0.15) is 0 Å². The highest BCUT2D eigenvalue weighted by Gasteiger charge is 2.30. The fourth-order valence-electron chi connectivity index (χ4n) is 1.69. The van der Waals surface area contributed by atoms with Gasteiger partial charge in [-0.05, 0) is 24.3 Å². The summed E-state index contributed by atoms with van der Waals surface area (Å²) in [6.07, 6.45) is 0.249. The molecule has 2 atom stereocenters. The van der Waals surface area contributed by atoms with Gasteiger partial charge in [0.2, 0.25) is 0 Å². The lowest BCUT2D eigenvalue weighted by Crippen LogP contribution is -2.30. The number of hydrogen-bond acceptors (Lipinski definition) is 3. The fourth-order valence-corrected chi connectivity index (χ4v) is 1.69. The minimum absolute atomic E-state index is 0.174. The minimum atomic E-state index is -0.870. The van der Waals surface area contributed by atoms with E-state index >= 15 is 0 Å². The average molecular weight is 225 g/mol. The Morgan fingerprint density at radius 3 is 2.69 bits per heavy atom. The molecule has 1 aliphatic rings. The number of hydrogen-bond donors (Lipinski definition) is 2. The number of nitrogens with one attached hydrogen (secondary N) is 1. The lowest BCUT2D eigenvalue weighted by Gasteiger charge is -2.12. The highest BCUT2D eigenvalue weighted by atomic mass is 19.1. The van der Waals surface area contributed by atoms with Crippen molar-refractivity contribution in [2.45, 2.75) is 18.6 Å². The van der Waals surface area contributed by atoms with Gasteiger partial charge in [0.05, 0.1) is 0 Å². The Labute approximate surface area is 92.0 Å². The number of halogens is 1. The highest BCUT2D eigenvalue weighted by Crippen LogP contribution is 2.17. The van der Waals surface area contributed by atoms with Crippen LogP contribution in [0, 0.1) is 5.82 Å². The lowest BCUT2D eigenvalue weighted by molar-refractivity contribution is -0.139. The zero-order valence-electron chi connectivity index (χ0n) is 8.52. The molecule has 0 amide bonds. The number of carbonyl (C=O) groups is 1. The normalized spacial score (nSPS) is 24.3. The van der Waals surface area contributed by atoms with E-state index in [4.69, 9.17) is 9.84 Å². The van der Waals surface area contributed by atoms with Crippen molar-refractivity contribution in [1.82, 2.24) is 5.32 Å². The average Bonchev–Trinajstić information content (AvgIpc) is 2.70. The first-order valence-corrected chi connectivity index (χ1v) is 5.03. The maximum absolute atomic E-state index is 12.6. The Hall–Kier alpha value is -1.62. The van der Waals surface area contributed by atoms with Gasteiger partial charge in [0.25, 0.3) is 0 Å². The first kappa shape index (κ1) is 10.9. The summed E-state index contributed by atoms with van der Waals surface area (Å²) in [6.45, 7) is 0.494. The van der Waals surface area contributed by atoms with Crippen LogP contribution in [0.3, 0.4) is 0 Å². The molecule has 0 bridgehead atoms. The summed E-state index contributed by atoms with van der Waals surface area (Å²) in [5.74, 6) is -0.634. The first-order chi connectivity index (χ1) is 7.65. The van der Waals surface area contributed by atoms with Gasteiger partial charge in [-0.15, -0.1) is 0 Å². The molecule has 86 valence electrons. The first-order valence-electron chi connectivity index (χ1n) is 5.03. The molecule has 1 saturated heterocycles. The largest absolute Gasteiger partial charge is 0.489 e. The highest BCUT2D eigenvalue weighted by molar-refractivity contribution is 5.73. The molecule has 5 heteroatoms. The van der Waals surface area contributed by atoms with Gasteiger partial charge in [0, 0.05) is 13.0 Å². The summed E-state index contributed by atoms with van der Waals surface area (Å²) in [5.41, 5.74) is 0. The van der Waals surface area contributed by atoms with Gasteiger partial charge >= 0.3 is 5.97 Å². The van der Waals surface area contributed by atoms with Crippen LogP contribution in [0.2, 0.25) is 0 Å². The van der Waals surface area contributed by atoms with Gasteiger partial charge in [0.1, 0.15) is 23.7 Å². The van der Waals surface area contributed by atoms with E-state index < -0.39 is 12.0 Å². The van der Waals surface area contributed by atoms with Crippen molar-refractivity contribution in [2.24, 2.45) is 0 Å². The van der Waals surface area contributed by atoms with Crippen molar-refractivity contribution in [3.8, 4) is 5.75 Å². The van der Waals surface area contributed by atoms with Crippen LogP contribution in [0.4, 0.5) is 4.39 Å². The SMILES string of the molecule is O=C(O)[C@@H]1CC(Oc2ccc(F)cc2)CN1. The van der Waals surface area contributed by atoms with Crippen LogP contribution >= 0.6 is 0 Å². The van der Waals surface area contributed by atoms with Crippen molar-refractivity contribution >= 4 is 5.97 Å². The summed E-state index contributed by atoms with van der Waals surface area (Å²) in [5, 5.41) is 11.6. The van der Waals surface area contributed by atoms with Crippen molar-refractivity contribution in [2.75, 3.05) is 6.54 Å². The van der Waals surface area contributed by atoms with E-state index in [1.165, 1.54) is 24.3 Å². The van der Waals surface area contributed by atoms with E-state index in [9.17, 15) is 9.18 Å². The van der Waals surface area contributed by atoms with Crippen molar-refractivity contribution in [1.29, 1.82) is 0 Å². The van der Waals surface area contributed by atoms with Gasteiger partial charge in [-0.1, -0.05) is 0 Å². The van der Waals surface area contributed by atoms with Crippen molar-refractivity contribution in [3.63, 3.8) is 0 Å². The van der Waals surface area contributed by atoms with Crippen LogP contribution in [-0.4, -0.2) is 29.8 Å². The topological polar surface area (TPSA) is 58.6 Å². The Morgan fingerprint density at radius 2 is 2.12 bits per heavy atom. The second kappa shape index (κ2) is 4.49. The van der Waals surface area contributed by atoms with Gasteiger partial charge < -0.3 is 15.2 Å². The standard InChI is InChI=1S/C11H12FNO3/c12-7-1-3-8(4-2-7)16-9-5-10(11(14)15)13-6-9/h1-4,9-10,13H,5-6H2,(H,14,15)/t9?,10-/m0/s1. The quantitative estimate of drug-likeness (QED) is 0.806. The predicted molar refractivity (Wildman–Crippen MR) is 54.9 cm³/mol. The molecular weight excluding hydrogens is 213 g/mol. The van der Waals surface area contributed by atoms with Crippen LogP contribution in [0.25, 0.3) is 0 Å². The number of ether oxygens (including phenoxy) is 1. The minimum Gasteiger partial charge on any atom is -0.489 e. The van der Waals surface area contributed by atoms with Gasteiger partial charge in [-0.25, -0.2) is 4.39 Å². The summed E-state index contributed by atoms with van der Waals surface area (Å²) >= 11 is 0. The number of carboxylic acids is 1. The van der Waals surface area contributed by atoms with E-state index in [0.29, 0.717) is 18.7 Å². The van der Waals surface area contributed by atoms with E-state index in [1.807, 2.05) is 0 Å². The number of rotatable bonds is 3. The summed E-state index contributed by atoms with van der Waals surface area (Å²) in [7, 11) is 0. The zero-order chi connectivity index (χ0) is 11.5. The van der Waals surface area contributed by atoms with Crippen molar-refractivity contribution in [3.05, 3.63) is 30.1 Å². The molecule has 1 fully saturated rings. The summed E-state index contributed by atoms with van der Waals surface area (Å²) < 4.78 is 18.1. The maximum Gasteiger partial charge on any atom is 0.320 e. The van der Waals surface area contributed by atoms with E-state index in [1.54, 1.807) is 0 Å². The van der Waals surface area contributed by atoms with Crippen LogP contribution < -0.4 is 10.1 Å². The Morgan fingerprint density at radius 1 is 1.44 bits per heavy atom. The molecule has 4 nitrogen and oxygen atoms in total. The smallest absolute Gasteiger partial charge is 0.320 e. The summed E-state index contributed by atoms with van der Waals surface area (Å²) in [4.78, 5) is 10.7. The molecule has 2 rings (SSSR count). The molecule has 0 aliphatic carbocycles. The van der Waals surface area contributed by atoms with Crippen LogP contribution in [0.15, 0.2) is 24.3 Å². The fraction of sp³-hybridized carbons (Fsp3) is 0.364. The van der Waals surface area contributed by atoms with E-state index in [-0.39, 0.29) is 11.9 Å². The molecule has 0 aromatic heterocycles. The molecule has 0 saturated carbocycles. The molecule has 16 heavy (non-hydrogen) atoms. The van der Waals surface area contributed by atoms with Crippen molar-refractivity contribution < 1.29 is 19.0 Å².